The van der Waals surface area contributed by atoms with Crippen molar-refractivity contribution in [3.05, 3.63) is 35.4 Å². The maximum Gasteiger partial charge on any atom is 0.317 e. The van der Waals surface area contributed by atoms with Gasteiger partial charge in [-0.05, 0) is 18.4 Å². The van der Waals surface area contributed by atoms with E-state index in [0.29, 0.717) is 12.5 Å². The number of carbonyl (C=O) groups is 1. The first-order valence-corrected chi connectivity index (χ1v) is 7.85. The minimum atomic E-state index is 0.0562. The standard InChI is InChI=1S/C17H27N3O/c1-14(2)13-19-7-9-20(10-8-19)17(21)18-12-16-6-4-5-15(3)11-16/h4-6,11,14H,7-10,12-13H2,1-3H3,(H,18,21). The summed E-state index contributed by atoms with van der Waals surface area (Å²) in [4.78, 5) is 16.5. The molecule has 4 nitrogen and oxygen atoms in total. The van der Waals surface area contributed by atoms with E-state index in [2.05, 4.69) is 43.1 Å². The number of hydrogen-bond donors (Lipinski definition) is 1. The number of nitrogens with zero attached hydrogens (tertiary/aromatic N) is 2. The van der Waals surface area contributed by atoms with E-state index in [1.165, 1.54) is 5.56 Å². The van der Waals surface area contributed by atoms with E-state index in [-0.39, 0.29) is 6.03 Å². The van der Waals surface area contributed by atoms with Crippen LogP contribution < -0.4 is 5.32 Å². The van der Waals surface area contributed by atoms with Crippen LogP contribution in [0.15, 0.2) is 24.3 Å². The average Bonchev–Trinajstić information content (AvgIpc) is 2.45. The van der Waals surface area contributed by atoms with Gasteiger partial charge in [0.15, 0.2) is 0 Å². The highest BCUT2D eigenvalue weighted by Crippen LogP contribution is 2.07. The van der Waals surface area contributed by atoms with E-state index in [9.17, 15) is 4.79 Å². The highest BCUT2D eigenvalue weighted by Gasteiger charge is 2.20. The van der Waals surface area contributed by atoms with E-state index < -0.39 is 0 Å². The van der Waals surface area contributed by atoms with Crippen molar-refractivity contribution in [1.29, 1.82) is 0 Å². The molecule has 116 valence electrons. The molecule has 2 amide bonds. The lowest BCUT2D eigenvalue weighted by molar-refractivity contribution is 0.131. The second kappa shape index (κ2) is 7.46. The molecular weight excluding hydrogens is 262 g/mol. The Hall–Kier alpha value is -1.55. The van der Waals surface area contributed by atoms with Crippen LogP contribution in [0.1, 0.15) is 25.0 Å². The molecule has 1 fully saturated rings. The summed E-state index contributed by atoms with van der Waals surface area (Å²) in [6, 6.07) is 8.32. The lowest BCUT2D eigenvalue weighted by Gasteiger charge is -2.35. The van der Waals surface area contributed by atoms with E-state index in [1.54, 1.807) is 0 Å². The second-order valence-corrected chi connectivity index (χ2v) is 6.33. The van der Waals surface area contributed by atoms with Crippen LogP contribution in [0, 0.1) is 12.8 Å². The Morgan fingerprint density at radius 1 is 1.24 bits per heavy atom. The van der Waals surface area contributed by atoms with Crippen LogP contribution in [-0.2, 0) is 6.54 Å². The van der Waals surface area contributed by atoms with E-state index in [1.807, 2.05) is 17.0 Å². The first kappa shape index (κ1) is 15.8. The average molecular weight is 289 g/mol. The number of carbonyl (C=O) groups excluding carboxylic acids is 1. The smallest absolute Gasteiger partial charge is 0.317 e. The lowest BCUT2D eigenvalue weighted by Crippen LogP contribution is -2.52. The van der Waals surface area contributed by atoms with Gasteiger partial charge >= 0.3 is 6.03 Å². The number of benzene rings is 1. The Kier molecular flexibility index (Phi) is 5.62. The summed E-state index contributed by atoms with van der Waals surface area (Å²) >= 11 is 0. The van der Waals surface area contributed by atoms with Gasteiger partial charge in [-0.25, -0.2) is 4.79 Å². The predicted molar refractivity (Wildman–Crippen MR) is 86.3 cm³/mol. The number of aryl methyl sites for hydroxylation is 1. The highest BCUT2D eigenvalue weighted by molar-refractivity contribution is 5.74. The normalized spacial score (nSPS) is 16.3. The van der Waals surface area contributed by atoms with Crippen molar-refractivity contribution in [3.8, 4) is 0 Å². The number of urea groups is 1. The van der Waals surface area contributed by atoms with E-state index >= 15 is 0 Å². The van der Waals surface area contributed by atoms with Gasteiger partial charge in [0.05, 0.1) is 0 Å². The third-order valence-corrected chi connectivity index (χ3v) is 3.81. The third-order valence-electron chi connectivity index (χ3n) is 3.81. The molecule has 1 aromatic carbocycles. The maximum atomic E-state index is 12.2. The van der Waals surface area contributed by atoms with Crippen molar-refractivity contribution in [1.82, 2.24) is 15.1 Å². The summed E-state index contributed by atoms with van der Waals surface area (Å²) in [6.07, 6.45) is 0. The van der Waals surface area contributed by atoms with Crippen molar-refractivity contribution in [2.24, 2.45) is 5.92 Å². The van der Waals surface area contributed by atoms with Gasteiger partial charge in [0, 0.05) is 39.3 Å². The van der Waals surface area contributed by atoms with Crippen LogP contribution >= 0.6 is 0 Å². The Balaban J connectivity index is 1.75. The van der Waals surface area contributed by atoms with Gasteiger partial charge in [0.1, 0.15) is 0 Å². The van der Waals surface area contributed by atoms with Gasteiger partial charge < -0.3 is 10.2 Å². The van der Waals surface area contributed by atoms with Crippen LogP contribution in [0.3, 0.4) is 0 Å². The fourth-order valence-corrected chi connectivity index (χ4v) is 2.76. The molecule has 21 heavy (non-hydrogen) atoms. The van der Waals surface area contributed by atoms with Crippen molar-refractivity contribution >= 4 is 6.03 Å². The lowest BCUT2D eigenvalue weighted by atomic mass is 10.1. The molecule has 1 aliphatic heterocycles. The number of nitrogens with one attached hydrogen (secondary N) is 1. The molecule has 4 heteroatoms. The summed E-state index contributed by atoms with van der Waals surface area (Å²) in [5.74, 6) is 0.687. The Bertz CT molecular complexity index is 465. The van der Waals surface area contributed by atoms with Crippen LogP contribution in [-0.4, -0.2) is 48.6 Å². The molecule has 1 aliphatic rings. The highest BCUT2D eigenvalue weighted by atomic mass is 16.2. The monoisotopic (exact) mass is 289 g/mol. The molecule has 0 bridgehead atoms. The fraction of sp³-hybridized carbons (Fsp3) is 0.588. The topological polar surface area (TPSA) is 35.6 Å². The van der Waals surface area contributed by atoms with Crippen molar-refractivity contribution < 1.29 is 4.79 Å². The zero-order chi connectivity index (χ0) is 15.2. The third kappa shape index (κ3) is 5.05. The SMILES string of the molecule is Cc1cccc(CNC(=O)N2CCN(CC(C)C)CC2)c1. The van der Waals surface area contributed by atoms with Gasteiger partial charge in [-0.1, -0.05) is 43.7 Å². The van der Waals surface area contributed by atoms with Crippen molar-refractivity contribution in [2.75, 3.05) is 32.7 Å². The number of piperazine rings is 1. The molecule has 0 atom stereocenters. The first-order valence-electron chi connectivity index (χ1n) is 7.85. The van der Waals surface area contributed by atoms with Crippen LogP contribution in [0.4, 0.5) is 4.79 Å². The molecule has 0 unspecified atom stereocenters. The molecular formula is C17H27N3O. The van der Waals surface area contributed by atoms with Crippen molar-refractivity contribution in [3.63, 3.8) is 0 Å². The number of amides is 2. The van der Waals surface area contributed by atoms with E-state index in [0.717, 1.165) is 38.3 Å². The minimum absolute atomic E-state index is 0.0562. The second-order valence-electron chi connectivity index (χ2n) is 6.33. The molecule has 1 saturated heterocycles. The quantitative estimate of drug-likeness (QED) is 0.924. The Morgan fingerprint density at radius 3 is 2.57 bits per heavy atom. The molecule has 0 radical (unpaired) electrons. The summed E-state index contributed by atoms with van der Waals surface area (Å²) in [6.45, 7) is 11.9. The van der Waals surface area contributed by atoms with Crippen molar-refractivity contribution in [2.45, 2.75) is 27.3 Å². The van der Waals surface area contributed by atoms with Gasteiger partial charge in [0.25, 0.3) is 0 Å². The van der Waals surface area contributed by atoms with Gasteiger partial charge in [0.2, 0.25) is 0 Å². The number of rotatable bonds is 4. The minimum Gasteiger partial charge on any atom is -0.334 e. The van der Waals surface area contributed by atoms with Crippen LogP contribution in [0.2, 0.25) is 0 Å². The van der Waals surface area contributed by atoms with E-state index in [4.69, 9.17) is 0 Å². The van der Waals surface area contributed by atoms with Gasteiger partial charge in [-0.3, -0.25) is 4.90 Å². The molecule has 0 spiro atoms. The molecule has 0 aromatic heterocycles. The summed E-state index contributed by atoms with van der Waals surface area (Å²) in [5.41, 5.74) is 2.38. The first-order chi connectivity index (χ1) is 10.0. The maximum absolute atomic E-state index is 12.2. The predicted octanol–water partition coefficient (Wildman–Crippen LogP) is 2.48. The van der Waals surface area contributed by atoms with Gasteiger partial charge in [-0.15, -0.1) is 0 Å². The fourth-order valence-electron chi connectivity index (χ4n) is 2.76. The molecule has 1 N–H and O–H groups in total. The zero-order valence-electron chi connectivity index (χ0n) is 13.4. The zero-order valence-corrected chi connectivity index (χ0v) is 13.4. The summed E-state index contributed by atoms with van der Waals surface area (Å²) in [5, 5.41) is 3.02. The Labute approximate surface area is 128 Å². The molecule has 0 saturated carbocycles. The number of hydrogen-bond acceptors (Lipinski definition) is 2. The molecule has 1 heterocycles. The summed E-state index contributed by atoms with van der Waals surface area (Å²) < 4.78 is 0. The molecule has 0 aliphatic carbocycles. The molecule has 1 aromatic rings. The van der Waals surface area contributed by atoms with Gasteiger partial charge in [-0.2, -0.15) is 0 Å². The Morgan fingerprint density at radius 2 is 1.95 bits per heavy atom. The van der Waals surface area contributed by atoms with Crippen LogP contribution in [0.5, 0.6) is 0 Å². The summed E-state index contributed by atoms with van der Waals surface area (Å²) in [7, 11) is 0. The van der Waals surface area contributed by atoms with Crippen LogP contribution in [0.25, 0.3) is 0 Å². The largest absolute Gasteiger partial charge is 0.334 e. The molecule has 2 rings (SSSR count).